The highest BCUT2D eigenvalue weighted by Gasteiger charge is 2.28. The topological polar surface area (TPSA) is 74.2 Å². The fourth-order valence-electron chi connectivity index (χ4n) is 2.42. The molecule has 2 heterocycles. The van der Waals surface area contributed by atoms with Crippen molar-refractivity contribution in [3.63, 3.8) is 0 Å². The molecule has 0 fully saturated rings. The van der Waals surface area contributed by atoms with Crippen molar-refractivity contribution < 1.29 is 9.26 Å². The Bertz CT molecular complexity index is 594. The number of aromatic nitrogens is 2. The van der Waals surface area contributed by atoms with Crippen LogP contribution in [0.4, 0.5) is 0 Å². The summed E-state index contributed by atoms with van der Waals surface area (Å²) in [6.07, 6.45) is 0.854. The number of fused-ring (bicyclic) bond motifs is 1. The fourth-order valence-corrected chi connectivity index (χ4v) is 2.42. The minimum absolute atomic E-state index is 0.122. The van der Waals surface area contributed by atoms with Crippen molar-refractivity contribution in [2.24, 2.45) is 11.7 Å². The van der Waals surface area contributed by atoms with Gasteiger partial charge in [0.15, 0.2) is 5.82 Å². The van der Waals surface area contributed by atoms with E-state index in [1.165, 1.54) is 0 Å². The van der Waals surface area contributed by atoms with Gasteiger partial charge in [-0.2, -0.15) is 4.98 Å². The monoisotopic (exact) mass is 273 g/mol. The molecule has 1 aromatic carbocycles. The maximum atomic E-state index is 6.05. The molecule has 2 N–H and O–H groups in total. The minimum atomic E-state index is -0.216. The molecule has 1 aromatic heterocycles. The summed E-state index contributed by atoms with van der Waals surface area (Å²) in [7, 11) is 0. The molecular weight excluding hydrogens is 254 g/mol. The highest BCUT2D eigenvalue weighted by atomic mass is 16.5. The Morgan fingerprint density at radius 1 is 1.30 bits per heavy atom. The van der Waals surface area contributed by atoms with Crippen molar-refractivity contribution in [1.29, 1.82) is 0 Å². The Kier molecular flexibility index (Phi) is 3.44. The standard InChI is InChI=1S/C15H19N3O2/c1-9(2)13(16)15-17-14(18-20-15)11-7-8-19-12-6-4-3-5-10(11)12/h3-6,9,11,13H,7-8,16H2,1-2H3. The van der Waals surface area contributed by atoms with E-state index in [-0.39, 0.29) is 17.9 Å². The van der Waals surface area contributed by atoms with Crippen LogP contribution in [0.1, 0.15) is 49.5 Å². The first-order chi connectivity index (χ1) is 9.66. The highest BCUT2D eigenvalue weighted by molar-refractivity contribution is 5.40. The number of nitrogens with two attached hydrogens (primary N) is 1. The number of nitrogens with zero attached hydrogens (tertiary/aromatic N) is 2. The van der Waals surface area contributed by atoms with Gasteiger partial charge in [-0.25, -0.2) is 0 Å². The van der Waals surface area contributed by atoms with Crippen LogP contribution in [0.3, 0.4) is 0 Å². The molecule has 106 valence electrons. The average molecular weight is 273 g/mol. The summed E-state index contributed by atoms with van der Waals surface area (Å²) in [5.74, 6) is 2.51. The lowest BCUT2D eigenvalue weighted by Gasteiger charge is -2.23. The number of benzene rings is 1. The van der Waals surface area contributed by atoms with Gasteiger partial charge in [0.1, 0.15) is 5.75 Å². The smallest absolute Gasteiger partial charge is 0.243 e. The van der Waals surface area contributed by atoms with Crippen LogP contribution in [0.25, 0.3) is 0 Å². The van der Waals surface area contributed by atoms with Gasteiger partial charge in [0.25, 0.3) is 0 Å². The number of rotatable bonds is 3. The Balaban J connectivity index is 1.91. The number of ether oxygens (including phenoxy) is 1. The highest BCUT2D eigenvalue weighted by Crippen LogP contribution is 2.36. The van der Waals surface area contributed by atoms with Gasteiger partial charge in [-0.1, -0.05) is 37.2 Å². The average Bonchev–Trinajstić information content (AvgIpc) is 2.95. The van der Waals surface area contributed by atoms with E-state index < -0.39 is 0 Å². The van der Waals surface area contributed by atoms with Crippen molar-refractivity contribution in [1.82, 2.24) is 10.1 Å². The summed E-state index contributed by atoms with van der Waals surface area (Å²) in [6, 6.07) is 7.78. The molecule has 3 rings (SSSR count). The predicted molar refractivity (Wildman–Crippen MR) is 74.5 cm³/mol. The SMILES string of the molecule is CC(C)C(N)c1nc(C2CCOc3ccccc32)no1. The molecule has 0 bridgehead atoms. The summed E-state index contributed by atoms with van der Waals surface area (Å²) in [5.41, 5.74) is 7.17. The number of para-hydroxylation sites is 1. The van der Waals surface area contributed by atoms with Gasteiger partial charge in [-0.3, -0.25) is 0 Å². The molecule has 5 heteroatoms. The Labute approximate surface area is 118 Å². The Morgan fingerprint density at radius 2 is 2.10 bits per heavy atom. The molecule has 0 spiro atoms. The van der Waals surface area contributed by atoms with Gasteiger partial charge < -0.3 is 15.0 Å². The minimum Gasteiger partial charge on any atom is -0.493 e. The lowest BCUT2D eigenvalue weighted by atomic mass is 9.92. The van der Waals surface area contributed by atoms with Crippen LogP contribution in [0, 0.1) is 5.92 Å². The van der Waals surface area contributed by atoms with Crippen LogP contribution in [-0.4, -0.2) is 16.7 Å². The molecule has 1 aliphatic rings. The maximum Gasteiger partial charge on any atom is 0.243 e. The van der Waals surface area contributed by atoms with Crippen molar-refractivity contribution in [3.8, 4) is 5.75 Å². The van der Waals surface area contributed by atoms with Gasteiger partial charge >= 0.3 is 0 Å². The van der Waals surface area contributed by atoms with E-state index in [9.17, 15) is 0 Å². The summed E-state index contributed by atoms with van der Waals surface area (Å²) < 4.78 is 11.0. The van der Waals surface area contributed by atoms with Gasteiger partial charge in [0.2, 0.25) is 5.89 Å². The van der Waals surface area contributed by atoms with E-state index >= 15 is 0 Å². The molecule has 20 heavy (non-hydrogen) atoms. The Morgan fingerprint density at radius 3 is 2.90 bits per heavy atom. The zero-order valence-electron chi connectivity index (χ0n) is 11.7. The molecule has 0 radical (unpaired) electrons. The molecule has 2 unspecified atom stereocenters. The zero-order chi connectivity index (χ0) is 14.1. The third-order valence-electron chi connectivity index (χ3n) is 3.73. The van der Waals surface area contributed by atoms with Crippen LogP contribution in [0.5, 0.6) is 5.75 Å². The lowest BCUT2D eigenvalue weighted by Crippen LogP contribution is -2.18. The zero-order valence-corrected chi connectivity index (χ0v) is 11.7. The van der Waals surface area contributed by atoms with E-state index in [2.05, 4.69) is 16.2 Å². The first-order valence-electron chi connectivity index (χ1n) is 6.97. The molecule has 0 amide bonds. The molecule has 0 saturated heterocycles. The number of hydrogen-bond donors (Lipinski definition) is 1. The summed E-state index contributed by atoms with van der Waals surface area (Å²) in [5, 5.41) is 4.12. The van der Waals surface area contributed by atoms with Crippen LogP contribution in [0.15, 0.2) is 28.8 Å². The van der Waals surface area contributed by atoms with Gasteiger partial charge in [0, 0.05) is 5.56 Å². The van der Waals surface area contributed by atoms with Crippen LogP contribution >= 0.6 is 0 Å². The third-order valence-corrected chi connectivity index (χ3v) is 3.73. The Hall–Kier alpha value is -1.88. The first-order valence-corrected chi connectivity index (χ1v) is 6.97. The van der Waals surface area contributed by atoms with E-state index in [4.69, 9.17) is 15.0 Å². The summed E-state index contributed by atoms with van der Waals surface area (Å²) >= 11 is 0. The molecule has 1 aliphatic heterocycles. The van der Waals surface area contributed by atoms with E-state index in [0.29, 0.717) is 18.3 Å². The molecule has 2 aromatic rings. The summed E-state index contributed by atoms with van der Waals surface area (Å²) in [4.78, 5) is 4.50. The number of hydrogen-bond acceptors (Lipinski definition) is 5. The normalized spacial score (nSPS) is 19.5. The van der Waals surface area contributed by atoms with Crippen molar-refractivity contribution in [2.75, 3.05) is 6.61 Å². The van der Waals surface area contributed by atoms with E-state index in [0.717, 1.165) is 17.7 Å². The lowest BCUT2D eigenvalue weighted by molar-refractivity contribution is 0.271. The predicted octanol–water partition coefficient (Wildman–Crippen LogP) is 2.64. The molecule has 0 saturated carbocycles. The van der Waals surface area contributed by atoms with Crippen LogP contribution < -0.4 is 10.5 Å². The maximum absolute atomic E-state index is 6.05. The molecular formula is C15H19N3O2. The van der Waals surface area contributed by atoms with Crippen LogP contribution in [-0.2, 0) is 0 Å². The largest absolute Gasteiger partial charge is 0.493 e. The van der Waals surface area contributed by atoms with Crippen molar-refractivity contribution in [3.05, 3.63) is 41.5 Å². The van der Waals surface area contributed by atoms with Gasteiger partial charge in [-0.15, -0.1) is 0 Å². The van der Waals surface area contributed by atoms with Gasteiger partial charge in [0.05, 0.1) is 18.6 Å². The second-order valence-corrected chi connectivity index (χ2v) is 5.49. The van der Waals surface area contributed by atoms with Gasteiger partial charge in [-0.05, 0) is 18.4 Å². The molecule has 0 aliphatic carbocycles. The second-order valence-electron chi connectivity index (χ2n) is 5.49. The summed E-state index contributed by atoms with van der Waals surface area (Å²) in [6.45, 7) is 4.75. The molecule has 2 atom stereocenters. The van der Waals surface area contributed by atoms with Crippen LogP contribution in [0.2, 0.25) is 0 Å². The van der Waals surface area contributed by atoms with Crippen molar-refractivity contribution >= 4 is 0 Å². The van der Waals surface area contributed by atoms with E-state index in [1.54, 1.807) is 0 Å². The first kappa shape index (κ1) is 13.1. The quantitative estimate of drug-likeness (QED) is 0.930. The fraction of sp³-hybridized carbons (Fsp3) is 0.467. The third kappa shape index (κ3) is 2.29. The van der Waals surface area contributed by atoms with E-state index in [1.807, 2.05) is 32.0 Å². The molecule has 5 nitrogen and oxygen atoms in total. The van der Waals surface area contributed by atoms with Crippen molar-refractivity contribution in [2.45, 2.75) is 32.2 Å². The second kappa shape index (κ2) is 5.25.